The molecule has 4 fully saturated rings. The number of carbonyl (C=O) groups is 1. The smallest absolute Gasteiger partial charge is 0.461 e. The van der Waals surface area contributed by atoms with Gasteiger partial charge in [-0.1, -0.05) is 0 Å². The molecule has 0 heterocycles. The van der Waals surface area contributed by atoms with E-state index in [2.05, 4.69) is 0 Å². The van der Waals surface area contributed by atoms with Crippen molar-refractivity contribution in [3.8, 4) is 0 Å². The minimum atomic E-state index is -3.47. The van der Waals surface area contributed by atoms with Gasteiger partial charge in [0.2, 0.25) is 0 Å². The highest BCUT2D eigenvalue weighted by Gasteiger charge is 2.62. The van der Waals surface area contributed by atoms with E-state index in [1.54, 1.807) is 0 Å². The molecule has 4 rings (SSSR count). The lowest BCUT2D eigenvalue weighted by molar-refractivity contribution is -0.206. The van der Waals surface area contributed by atoms with Crippen LogP contribution in [0.15, 0.2) is 0 Å². The summed E-state index contributed by atoms with van der Waals surface area (Å²) in [6.07, 6.45) is 5.23. The summed E-state index contributed by atoms with van der Waals surface area (Å²) in [5, 5.41) is 0. The van der Waals surface area contributed by atoms with Crippen LogP contribution in [-0.4, -0.2) is 54.5 Å². The van der Waals surface area contributed by atoms with Crippen molar-refractivity contribution >= 4 is 15.0 Å². The van der Waals surface area contributed by atoms with Crippen molar-refractivity contribution < 1.29 is 36.0 Å². The first kappa shape index (κ1) is 20.1. The lowest BCUT2D eigenvalue weighted by atomic mass is 9.48. The van der Waals surface area contributed by atoms with Crippen LogP contribution in [0.2, 0.25) is 0 Å². The van der Waals surface area contributed by atoms with Crippen LogP contribution in [0.3, 0.4) is 0 Å². The van der Waals surface area contributed by atoms with Crippen molar-refractivity contribution in [2.75, 3.05) is 27.9 Å². The van der Waals surface area contributed by atoms with E-state index in [4.69, 9.17) is 22.4 Å². The van der Waals surface area contributed by atoms with Gasteiger partial charge in [-0.15, -0.1) is 0 Å². The fraction of sp³-hybridized carbons (Fsp3) is 0.941. The van der Waals surface area contributed by atoms with Crippen LogP contribution in [0.1, 0.15) is 45.4 Å². The number of ether oxygens (including phenoxy) is 1. The number of carbonyl (C=O) groups excluding carboxylic acids is 1. The van der Waals surface area contributed by atoms with Crippen molar-refractivity contribution in [3.05, 3.63) is 0 Å². The number of halogens is 2. The van der Waals surface area contributed by atoms with Crippen LogP contribution in [0, 0.1) is 17.3 Å². The van der Waals surface area contributed by atoms with Gasteiger partial charge in [-0.05, 0) is 50.4 Å². The zero-order valence-electron chi connectivity index (χ0n) is 15.8. The third-order valence-electron chi connectivity index (χ3n) is 6.09. The Hall–Kier alpha value is -0.613. The predicted octanol–water partition coefficient (Wildman–Crippen LogP) is 2.92. The van der Waals surface area contributed by atoms with E-state index >= 15 is 0 Å². The van der Waals surface area contributed by atoms with Gasteiger partial charge < -0.3 is 22.4 Å². The minimum Gasteiger partial charge on any atom is -0.461 e. The second-order valence-corrected chi connectivity index (χ2v) is 10.8. The summed E-state index contributed by atoms with van der Waals surface area (Å²) >= 11 is 0. The molecule has 4 aliphatic carbocycles. The highest BCUT2D eigenvalue weighted by molar-refractivity contribution is 6.53. The second kappa shape index (κ2) is 6.77. The van der Waals surface area contributed by atoms with Crippen LogP contribution in [0.25, 0.3) is 0 Å². The molecule has 0 aromatic heterocycles. The number of hydrogen-bond acceptors (Lipinski definition) is 6. The van der Waals surface area contributed by atoms with Crippen LogP contribution in [0.5, 0.6) is 0 Å². The maximum Gasteiger partial charge on any atom is 0.679 e. The van der Waals surface area contributed by atoms with Gasteiger partial charge in [0.1, 0.15) is 0 Å². The first-order valence-corrected chi connectivity index (χ1v) is 10.6. The highest BCUT2D eigenvalue weighted by Crippen LogP contribution is 2.63. The summed E-state index contributed by atoms with van der Waals surface area (Å²) in [5.41, 5.74) is -0.792. The number of rotatable bonds is 8. The Morgan fingerprint density at radius 2 is 1.62 bits per heavy atom. The lowest BCUT2D eigenvalue weighted by Gasteiger charge is -2.62. The maximum absolute atomic E-state index is 13.2. The van der Waals surface area contributed by atoms with E-state index in [9.17, 15) is 13.6 Å². The third-order valence-corrected chi connectivity index (χ3v) is 8.27. The Kier molecular flexibility index (Phi) is 5.24. The monoisotopic (exact) mass is 394 g/mol. The standard InChI is InChI=1S/C17H28F2O6Si/c1-15(18,19)14(20)24-11-16-6-12-5-13(7-16)9-17(8-12,10-16)25-26(21-2,22-3)23-4/h12-13H,5-11H2,1-4H3. The normalized spacial score (nSPS) is 36.4. The van der Waals surface area contributed by atoms with Gasteiger partial charge in [-0.3, -0.25) is 0 Å². The highest BCUT2D eigenvalue weighted by atomic mass is 28.4. The maximum atomic E-state index is 13.2. The lowest BCUT2D eigenvalue weighted by Crippen LogP contribution is -2.63. The number of hydrogen-bond donors (Lipinski definition) is 0. The molecule has 4 bridgehead atoms. The minimum absolute atomic E-state index is 0.00880. The van der Waals surface area contributed by atoms with Gasteiger partial charge in [0.25, 0.3) is 0 Å². The van der Waals surface area contributed by atoms with Gasteiger partial charge in [0.05, 0.1) is 12.2 Å². The molecule has 0 aromatic carbocycles. The Morgan fingerprint density at radius 3 is 2.08 bits per heavy atom. The average molecular weight is 394 g/mol. The van der Waals surface area contributed by atoms with Gasteiger partial charge in [0, 0.05) is 33.7 Å². The molecule has 4 aliphatic rings. The molecule has 0 aromatic rings. The van der Waals surface area contributed by atoms with Crippen LogP contribution in [0.4, 0.5) is 8.78 Å². The van der Waals surface area contributed by atoms with Gasteiger partial charge in [0.15, 0.2) is 0 Å². The molecule has 150 valence electrons. The zero-order valence-corrected chi connectivity index (χ0v) is 16.8. The van der Waals surface area contributed by atoms with Crippen molar-refractivity contribution in [1.82, 2.24) is 0 Å². The molecule has 0 amide bonds. The van der Waals surface area contributed by atoms with E-state index in [-0.39, 0.29) is 12.0 Å². The van der Waals surface area contributed by atoms with Crippen LogP contribution < -0.4 is 0 Å². The van der Waals surface area contributed by atoms with E-state index in [1.165, 1.54) is 21.3 Å². The molecule has 0 aliphatic heterocycles. The molecule has 6 nitrogen and oxygen atoms in total. The Labute approximate surface area is 153 Å². The molecule has 2 unspecified atom stereocenters. The van der Waals surface area contributed by atoms with E-state index in [0.717, 1.165) is 32.1 Å². The quantitative estimate of drug-likeness (QED) is 0.466. The van der Waals surface area contributed by atoms with E-state index in [1.807, 2.05) is 0 Å². The molecular weight excluding hydrogens is 366 g/mol. The first-order valence-electron chi connectivity index (χ1n) is 8.99. The summed E-state index contributed by atoms with van der Waals surface area (Å²) in [6, 6.07) is 0. The second-order valence-electron chi connectivity index (χ2n) is 8.32. The van der Waals surface area contributed by atoms with E-state index < -0.39 is 26.5 Å². The molecule has 0 N–H and O–H groups in total. The summed E-state index contributed by atoms with van der Waals surface area (Å²) < 4.78 is 54.0. The van der Waals surface area contributed by atoms with Crippen molar-refractivity contribution in [2.45, 2.75) is 57.0 Å². The van der Waals surface area contributed by atoms with Gasteiger partial charge in [-0.2, -0.15) is 8.78 Å². The summed E-state index contributed by atoms with van der Waals surface area (Å²) in [7, 11) is 1.26. The Morgan fingerprint density at radius 1 is 1.08 bits per heavy atom. The van der Waals surface area contributed by atoms with Crippen LogP contribution in [-0.2, 0) is 27.2 Å². The largest absolute Gasteiger partial charge is 0.679 e. The van der Waals surface area contributed by atoms with Crippen molar-refractivity contribution in [2.24, 2.45) is 17.3 Å². The number of esters is 1. The molecule has 0 spiro atoms. The first-order chi connectivity index (χ1) is 12.1. The van der Waals surface area contributed by atoms with Crippen LogP contribution >= 0.6 is 0 Å². The molecular formula is C17H28F2O6Si. The van der Waals surface area contributed by atoms with E-state index in [0.29, 0.717) is 25.2 Å². The SMILES string of the molecule is CO[Si](OC)(OC)OC12CC3CC(CC(COC(=O)C(C)(F)F)(C3)C1)C2. The molecule has 2 atom stereocenters. The third kappa shape index (κ3) is 3.69. The zero-order chi connectivity index (χ0) is 19.2. The molecule has 0 saturated heterocycles. The molecule has 4 saturated carbocycles. The fourth-order valence-corrected chi connectivity index (χ4v) is 7.16. The van der Waals surface area contributed by atoms with Gasteiger partial charge in [-0.25, -0.2) is 4.79 Å². The summed E-state index contributed by atoms with van der Waals surface area (Å²) in [4.78, 5) is 11.5. The molecule has 9 heteroatoms. The van der Waals surface area contributed by atoms with Crippen molar-refractivity contribution in [1.29, 1.82) is 0 Å². The van der Waals surface area contributed by atoms with Gasteiger partial charge >= 0.3 is 20.9 Å². The Balaban J connectivity index is 1.77. The fourth-order valence-electron chi connectivity index (χ4n) is 5.64. The summed E-state index contributed by atoms with van der Waals surface area (Å²) in [5.74, 6) is -4.08. The summed E-state index contributed by atoms with van der Waals surface area (Å²) in [6.45, 7) is 0.574. The van der Waals surface area contributed by atoms with Crippen molar-refractivity contribution in [3.63, 3.8) is 0 Å². The molecule has 0 radical (unpaired) electrons. The Bertz CT molecular complexity index is 526. The topological polar surface area (TPSA) is 63.2 Å². The molecule has 26 heavy (non-hydrogen) atoms. The number of alkyl halides is 2. The predicted molar refractivity (Wildman–Crippen MR) is 89.3 cm³/mol. The average Bonchev–Trinajstić information content (AvgIpc) is 2.55.